The Labute approximate surface area is 130 Å². The van der Waals surface area contributed by atoms with E-state index >= 15 is 0 Å². The highest BCUT2D eigenvalue weighted by atomic mass is 79.9. The summed E-state index contributed by atoms with van der Waals surface area (Å²) in [4.78, 5) is 0. The molecule has 0 fully saturated rings. The maximum atomic E-state index is 6.17. The standard InChI is InChI=1S/C16H13BrClNO/c1-19-15(11-6-2-3-7-12(11)17)14-9-10-5-4-8-13(18)16(10)20-14/h2-9,15,19H,1H3. The smallest absolute Gasteiger partial charge is 0.152 e. The molecule has 1 aromatic heterocycles. The number of nitrogens with one attached hydrogen (secondary N) is 1. The van der Waals surface area contributed by atoms with Crippen LogP contribution in [0.5, 0.6) is 0 Å². The summed E-state index contributed by atoms with van der Waals surface area (Å²) in [6.07, 6.45) is 0. The number of hydrogen-bond donors (Lipinski definition) is 1. The lowest BCUT2D eigenvalue weighted by Crippen LogP contribution is -2.17. The van der Waals surface area contributed by atoms with E-state index < -0.39 is 0 Å². The average molecular weight is 351 g/mol. The SMILES string of the molecule is CNC(c1cc2cccc(Cl)c2o1)c1ccccc1Br. The van der Waals surface area contributed by atoms with Gasteiger partial charge in [-0.15, -0.1) is 0 Å². The second kappa shape index (κ2) is 5.60. The van der Waals surface area contributed by atoms with E-state index in [0.29, 0.717) is 5.02 Å². The van der Waals surface area contributed by atoms with Gasteiger partial charge in [0.25, 0.3) is 0 Å². The molecule has 1 unspecified atom stereocenters. The fourth-order valence-electron chi connectivity index (χ4n) is 2.35. The van der Waals surface area contributed by atoms with E-state index in [2.05, 4.69) is 27.3 Å². The molecule has 0 saturated carbocycles. The molecule has 0 radical (unpaired) electrons. The zero-order chi connectivity index (χ0) is 14.1. The Kier molecular flexibility index (Phi) is 3.83. The molecular formula is C16H13BrClNO. The minimum absolute atomic E-state index is 0.0194. The molecule has 20 heavy (non-hydrogen) atoms. The number of furan rings is 1. The molecule has 3 aromatic rings. The van der Waals surface area contributed by atoms with Crippen LogP contribution in [0, 0.1) is 0 Å². The van der Waals surface area contributed by atoms with Gasteiger partial charge in [-0.05, 0) is 30.8 Å². The lowest BCUT2D eigenvalue weighted by Gasteiger charge is -2.15. The molecule has 0 spiro atoms. The molecule has 2 nitrogen and oxygen atoms in total. The Hall–Kier alpha value is -1.29. The van der Waals surface area contributed by atoms with Crippen LogP contribution in [-0.4, -0.2) is 7.05 Å². The first kappa shape index (κ1) is 13.7. The van der Waals surface area contributed by atoms with Gasteiger partial charge in [0.15, 0.2) is 5.58 Å². The molecule has 0 aliphatic carbocycles. The van der Waals surface area contributed by atoms with E-state index in [1.54, 1.807) is 0 Å². The monoisotopic (exact) mass is 349 g/mol. The van der Waals surface area contributed by atoms with Crippen LogP contribution in [0.2, 0.25) is 5.02 Å². The molecule has 2 aromatic carbocycles. The summed E-state index contributed by atoms with van der Waals surface area (Å²) in [6.45, 7) is 0. The van der Waals surface area contributed by atoms with E-state index in [9.17, 15) is 0 Å². The van der Waals surface area contributed by atoms with Gasteiger partial charge in [0, 0.05) is 9.86 Å². The van der Waals surface area contributed by atoms with Crippen LogP contribution in [0.15, 0.2) is 57.4 Å². The quantitative estimate of drug-likeness (QED) is 0.706. The molecular weight excluding hydrogens is 338 g/mol. The van der Waals surface area contributed by atoms with Gasteiger partial charge in [-0.2, -0.15) is 0 Å². The normalized spacial score (nSPS) is 12.8. The Morgan fingerprint density at radius 3 is 2.65 bits per heavy atom. The third kappa shape index (κ3) is 2.37. The lowest BCUT2D eigenvalue weighted by atomic mass is 10.0. The van der Waals surface area contributed by atoms with Crippen molar-refractivity contribution in [3.63, 3.8) is 0 Å². The predicted molar refractivity (Wildman–Crippen MR) is 86.3 cm³/mol. The van der Waals surface area contributed by atoms with E-state index in [1.807, 2.05) is 49.5 Å². The molecule has 1 heterocycles. The molecule has 0 aliphatic heterocycles. The fraction of sp³-hybridized carbons (Fsp3) is 0.125. The highest BCUT2D eigenvalue weighted by molar-refractivity contribution is 9.10. The van der Waals surface area contributed by atoms with Gasteiger partial charge in [-0.1, -0.05) is 57.9 Å². The van der Waals surface area contributed by atoms with Gasteiger partial charge >= 0.3 is 0 Å². The summed E-state index contributed by atoms with van der Waals surface area (Å²) in [6, 6.07) is 15.9. The van der Waals surface area contributed by atoms with E-state index in [-0.39, 0.29) is 6.04 Å². The van der Waals surface area contributed by atoms with Gasteiger partial charge in [0.2, 0.25) is 0 Å². The lowest BCUT2D eigenvalue weighted by molar-refractivity contribution is 0.491. The van der Waals surface area contributed by atoms with Gasteiger partial charge in [0.05, 0.1) is 11.1 Å². The summed E-state index contributed by atoms with van der Waals surface area (Å²) in [5.74, 6) is 0.850. The number of para-hydroxylation sites is 1. The Bertz CT molecular complexity index is 753. The van der Waals surface area contributed by atoms with Crippen LogP contribution in [0.4, 0.5) is 0 Å². The first-order valence-corrected chi connectivity index (χ1v) is 7.47. The van der Waals surface area contributed by atoms with Crippen LogP contribution >= 0.6 is 27.5 Å². The first-order valence-electron chi connectivity index (χ1n) is 6.30. The topological polar surface area (TPSA) is 25.2 Å². The summed E-state index contributed by atoms with van der Waals surface area (Å²) >= 11 is 9.76. The summed E-state index contributed by atoms with van der Waals surface area (Å²) in [5.41, 5.74) is 1.86. The molecule has 0 saturated heterocycles. The van der Waals surface area contributed by atoms with Crippen LogP contribution < -0.4 is 5.32 Å². The van der Waals surface area contributed by atoms with Crippen molar-refractivity contribution in [3.05, 3.63) is 69.3 Å². The van der Waals surface area contributed by atoms with Crippen molar-refractivity contribution in [1.29, 1.82) is 0 Å². The van der Waals surface area contributed by atoms with Crippen LogP contribution in [0.25, 0.3) is 11.0 Å². The molecule has 102 valence electrons. The minimum atomic E-state index is -0.0194. The molecule has 4 heteroatoms. The first-order chi connectivity index (χ1) is 9.70. The van der Waals surface area contributed by atoms with Crippen molar-refractivity contribution in [1.82, 2.24) is 5.32 Å². The number of benzene rings is 2. The number of rotatable bonds is 3. The van der Waals surface area contributed by atoms with Crippen LogP contribution in [0.3, 0.4) is 0 Å². The van der Waals surface area contributed by atoms with Crippen molar-refractivity contribution < 1.29 is 4.42 Å². The zero-order valence-corrected chi connectivity index (χ0v) is 13.2. The Morgan fingerprint density at radius 1 is 1.15 bits per heavy atom. The minimum Gasteiger partial charge on any atom is -0.457 e. The average Bonchev–Trinajstić information content (AvgIpc) is 2.87. The molecule has 3 rings (SSSR count). The van der Waals surface area contributed by atoms with Gasteiger partial charge in [-0.25, -0.2) is 0 Å². The number of halogens is 2. The maximum Gasteiger partial charge on any atom is 0.152 e. The Morgan fingerprint density at radius 2 is 1.95 bits per heavy atom. The molecule has 1 atom stereocenters. The van der Waals surface area contributed by atoms with E-state index in [0.717, 1.165) is 26.8 Å². The fourth-order valence-corrected chi connectivity index (χ4v) is 3.08. The molecule has 0 amide bonds. The molecule has 0 bridgehead atoms. The van der Waals surface area contributed by atoms with Crippen molar-refractivity contribution in [2.75, 3.05) is 7.05 Å². The van der Waals surface area contributed by atoms with Crippen molar-refractivity contribution in [2.24, 2.45) is 0 Å². The van der Waals surface area contributed by atoms with E-state index in [1.165, 1.54) is 0 Å². The largest absolute Gasteiger partial charge is 0.457 e. The molecule has 0 aliphatic rings. The zero-order valence-electron chi connectivity index (χ0n) is 10.9. The van der Waals surface area contributed by atoms with Crippen molar-refractivity contribution in [2.45, 2.75) is 6.04 Å². The van der Waals surface area contributed by atoms with Crippen LogP contribution in [-0.2, 0) is 0 Å². The third-order valence-corrected chi connectivity index (χ3v) is 4.32. The number of fused-ring (bicyclic) bond motifs is 1. The van der Waals surface area contributed by atoms with E-state index in [4.69, 9.17) is 16.0 Å². The van der Waals surface area contributed by atoms with Gasteiger partial charge in [0.1, 0.15) is 5.76 Å². The van der Waals surface area contributed by atoms with Crippen molar-refractivity contribution >= 4 is 38.5 Å². The van der Waals surface area contributed by atoms with Crippen molar-refractivity contribution in [3.8, 4) is 0 Å². The van der Waals surface area contributed by atoms with Gasteiger partial charge in [-0.3, -0.25) is 0 Å². The number of hydrogen-bond acceptors (Lipinski definition) is 2. The maximum absolute atomic E-state index is 6.17. The predicted octanol–water partition coefficient (Wildman–Crippen LogP) is 5.16. The second-order valence-electron chi connectivity index (χ2n) is 4.55. The van der Waals surface area contributed by atoms with Crippen LogP contribution in [0.1, 0.15) is 17.4 Å². The second-order valence-corrected chi connectivity index (χ2v) is 5.81. The third-order valence-electron chi connectivity index (χ3n) is 3.30. The summed E-state index contributed by atoms with van der Waals surface area (Å²) in [7, 11) is 1.92. The highest BCUT2D eigenvalue weighted by Crippen LogP contribution is 2.34. The summed E-state index contributed by atoms with van der Waals surface area (Å²) in [5, 5.41) is 4.94. The summed E-state index contributed by atoms with van der Waals surface area (Å²) < 4.78 is 6.99. The Balaban J connectivity index is 2.12. The highest BCUT2D eigenvalue weighted by Gasteiger charge is 2.19. The van der Waals surface area contributed by atoms with Gasteiger partial charge < -0.3 is 9.73 Å². The molecule has 1 N–H and O–H groups in total.